The second kappa shape index (κ2) is 9.97. The van der Waals surface area contributed by atoms with E-state index in [1.807, 2.05) is 42.4 Å². The van der Waals surface area contributed by atoms with Crippen LogP contribution in [0.25, 0.3) is 10.8 Å². The van der Waals surface area contributed by atoms with Gasteiger partial charge in [-0.1, -0.05) is 18.2 Å². The first-order chi connectivity index (χ1) is 16.7. The Kier molecular flexibility index (Phi) is 6.44. The minimum absolute atomic E-state index is 0.110. The average molecular weight is 455 g/mol. The first-order valence-corrected chi connectivity index (χ1v) is 11.4. The SMILES string of the molecule is Cc1ccc(Oc2ncccc2C(=O)N2CCOCC(Cc3cccc4cnccc34)C2)cn1. The van der Waals surface area contributed by atoms with Crippen LogP contribution in [0, 0.1) is 12.8 Å². The van der Waals surface area contributed by atoms with Crippen LogP contribution in [-0.4, -0.2) is 52.1 Å². The van der Waals surface area contributed by atoms with Crippen molar-refractivity contribution in [3.8, 4) is 11.6 Å². The van der Waals surface area contributed by atoms with Gasteiger partial charge >= 0.3 is 0 Å². The predicted octanol–water partition coefficient (Wildman–Crippen LogP) is 4.46. The van der Waals surface area contributed by atoms with E-state index in [1.165, 1.54) is 10.9 Å². The third-order valence-electron chi connectivity index (χ3n) is 6.00. The molecule has 0 aliphatic carbocycles. The molecule has 0 N–H and O–H groups in total. The summed E-state index contributed by atoms with van der Waals surface area (Å²) in [6.45, 7) is 4.14. The van der Waals surface area contributed by atoms with E-state index in [9.17, 15) is 4.79 Å². The van der Waals surface area contributed by atoms with E-state index in [2.05, 4.69) is 33.2 Å². The number of aromatic nitrogens is 3. The zero-order valence-corrected chi connectivity index (χ0v) is 19.1. The molecule has 0 spiro atoms. The number of aryl methyl sites for hydroxylation is 1. The van der Waals surface area contributed by atoms with Gasteiger partial charge in [-0.3, -0.25) is 14.8 Å². The van der Waals surface area contributed by atoms with Crippen LogP contribution in [0.15, 0.2) is 73.3 Å². The van der Waals surface area contributed by atoms with Crippen LogP contribution in [0.5, 0.6) is 11.6 Å². The first-order valence-electron chi connectivity index (χ1n) is 11.4. The van der Waals surface area contributed by atoms with E-state index in [-0.39, 0.29) is 17.7 Å². The van der Waals surface area contributed by atoms with E-state index in [4.69, 9.17) is 9.47 Å². The molecule has 7 nitrogen and oxygen atoms in total. The molecule has 1 aromatic carbocycles. The van der Waals surface area contributed by atoms with Crippen molar-refractivity contribution in [1.82, 2.24) is 19.9 Å². The number of carbonyl (C=O) groups is 1. The number of ether oxygens (including phenoxy) is 2. The van der Waals surface area contributed by atoms with Crippen LogP contribution in [0.4, 0.5) is 0 Å². The molecule has 4 heterocycles. The summed E-state index contributed by atoms with van der Waals surface area (Å²) in [5.74, 6) is 0.885. The zero-order valence-electron chi connectivity index (χ0n) is 19.1. The molecule has 1 fully saturated rings. The quantitative estimate of drug-likeness (QED) is 0.443. The highest BCUT2D eigenvalue weighted by Gasteiger charge is 2.26. The van der Waals surface area contributed by atoms with Crippen molar-refractivity contribution >= 4 is 16.7 Å². The minimum Gasteiger partial charge on any atom is -0.437 e. The van der Waals surface area contributed by atoms with Gasteiger partial charge in [0.2, 0.25) is 5.88 Å². The highest BCUT2D eigenvalue weighted by Crippen LogP contribution is 2.26. The molecule has 0 radical (unpaired) electrons. The molecule has 0 saturated carbocycles. The van der Waals surface area contributed by atoms with E-state index in [0.29, 0.717) is 37.6 Å². The Morgan fingerprint density at radius 2 is 2.03 bits per heavy atom. The van der Waals surface area contributed by atoms with Gasteiger partial charge in [-0.15, -0.1) is 0 Å². The number of fused-ring (bicyclic) bond motifs is 1. The highest BCUT2D eigenvalue weighted by molar-refractivity contribution is 5.96. The summed E-state index contributed by atoms with van der Waals surface area (Å²) in [5, 5.41) is 2.31. The lowest BCUT2D eigenvalue weighted by molar-refractivity contribution is 0.0734. The van der Waals surface area contributed by atoms with Gasteiger partial charge < -0.3 is 14.4 Å². The van der Waals surface area contributed by atoms with Crippen molar-refractivity contribution in [2.45, 2.75) is 13.3 Å². The van der Waals surface area contributed by atoms with Crippen LogP contribution < -0.4 is 4.74 Å². The van der Waals surface area contributed by atoms with Gasteiger partial charge in [-0.05, 0) is 54.6 Å². The van der Waals surface area contributed by atoms with Gasteiger partial charge in [0.1, 0.15) is 11.3 Å². The summed E-state index contributed by atoms with van der Waals surface area (Å²) in [6.07, 6.45) is 7.77. The number of hydrogen-bond donors (Lipinski definition) is 0. The predicted molar refractivity (Wildman–Crippen MR) is 129 cm³/mol. The maximum absolute atomic E-state index is 13.6. The number of hydrogen-bond acceptors (Lipinski definition) is 6. The van der Waals surface area contributed by atoms with E-state index >= 15 is 0 Å². The molecular formula is C27H26N4O3. The number of benzene rings is 1. The molecule has 5 rings (SSSR count). The summed E-state index contributed by atoms with van der Waals surface area (Å²) < 4.78 is 11.8. The third kappa shape index (κ3) is 4.89. The largest absolute Gasteiger partial charge is 0.437 e. The Morgan fingerprint density at radius 1 is 1.09 bits per heavy atom. The Bertz CT molecular complexity index is 1290. The third-order valence-corrected chi connectivity index (χ3v) is 6.00. The Morgan fingerprint density at radius 3 is 2.91 bits per heavy atom. The highest BCUT2D eigenvalue weighted by atomic mass is 16.5. The molecule has 7 heteroatoms. The first kappa shape index (κ1) is 22.0. The van der Waals surface area contributed by atoms with Gasteiger partial charge in [-0.2, -0.15) is 0 Å². The fraction of sp³-hybridized carbons (Fsp3) is 0.259. The maximum atomic E-state index is 13.6. The number of nitrogens with zero attached hydrogens (tertiary/aromatic N) is 4. The van der Waals surface area contributed by atoms with Gasteiger partial charge in [0, 0.05) is 48.7 Å². The van der Waals surface area contributed by atoms with Gasteiger partial charge in [0.25, 0.3) is 5.91 Å². The van der Waals surface area contributed by atoms with Crippen LogP contribution in [0.2, 0.25) is 0 Å². The Balaban J connectivity index is 1.35. The smallest absolute Gasteiger partial charge is 0.259 e. The fourth-order valence-corrected chi connectivity index (χ4v) is 4.30. The van der Waals surface area contributed by atoms with Crippen LogP contribution in [-0.2, 0) is 11.2 Å². The summed E-state index contributed by atoms with van der Waals surface area (Å²) >= 11 is 0. The molecule has 34 heavy (non-hydrogen) atoms. The molecule has 1 atom stereocenters. The molecule has 172 valence electrons. The molecule has 1 aliphatic rings. The van der Waals surface area contributed by atoms with Crippen molar-refractivity contribution in [2.24, 2.45) is 5.92 Å². The molecule has 1 amide bonds. The van der Waals surface area contributed by atoms with Gasteiger partial charge in [0.05, 0.1) is 19.4 Å². The summed E-state index contributed by atoms with van der Waals surface area (Å²) in [7, 11) is 0. The van der Waals surface area contributed by atoms with Crippen molar-refractivity contribution in [2.75, 3.05) is 26.3 Å². The number of amides is 1. The van der Waals surface area contributed by atoms with Gasteiger partial charge in [0.15, 0.2) is 0 Å². The Labute approximate surface area is 198 Å². The van der Waals surface area contributed by atoms with E-state index in [1.54, 1.807) is 24.5 Å². The summed E-state index contributed by atoms with van der Waals surface area (Å²) in [5.41, 5.74) is 2.56. The molecule has 1 saturated heterocycles. The monoisotopic (exact) mass is 454 g/mol. The molecule has 4 aromatic rings. The number of pyridine rings is 3. The molecular weight excluding hydrogens is 428 g/mol. The number of rotatable bonds is 5. The summed E-state index contributed by atoms with van der Waals surface area (Å²) in [6, 6.07) is 15.5. The van der Waals surface area contributed by atoms with Crippen LogP contribution >= 0.6 is 0 Å². The van der Waals surface area contributed by atoms with Crippen LogP contribution in [0.3, 0.4) is 0 Å². The lowest BCUT2D eigenvalue weighted by Crippen LogP contribution is -2.36. The lowest BCUT2D eigenvalue weighted by atomic mass is 9.95. The van der Waals surface area contributed by atoms with Crippen molar-refractivity contribution in [3.63, 3.8) is 0 Å². The van der Waals surface area contributed by atoms with Gasteiger partial charge in [-0.25, -0.2) is 4.98 Å². The second-order valence-corrected chi connectivity index (χ2v) is 8.50. The standard InChI is InChI=1S/C27H26N4O3/c1-19-7-8-23(16-30-19)34-26-25(6-3-10-29-26)27(32)31-12-13-33-18-20(17-31)14-21-4-2-5-22-15-28-11-9-24(21)22/h2-11,15-16,20H,12-14,17-18H2,1H3. The lowest BCUT2D eigenvalue weighted by Gasteiger charge is -2.24. The molecule has 0 bridgehead atoms. The molecule has 1 unspecified atom stereocenters. The number of carbonyl (C=O) groups excluding carboxylic acids is 1. The normalized spacial score (nSPS) is 16.3. The topological polar surface area (TPSA) is 77.4 Å². The maximum Gasteiger partial charge on any atom is 0.259 e. The fourth-order valence-electron chi connectivity index (χ4n) is 4.30. The van der Waals surface area contributed by atoms with E-state index in [0.717, 1.165) is 17.5 Å². The van der Waals surface area contributed by atoms with Crippen molar-refractivity contribution in [1.29, 1.82) is 0 Å². The van der Waals surface area contributed by atoms with Crippen LogP contribution in [0.1, 0.15) is 21.6 Å². The van der Waals surface area contributed by atoms with E-state index < -0.39 is 0 Å². The molecule has 3 aromatic heterocycles. The second-order valence-electron chi connectivity index (χ2n) is 8.50. The summed E-state index contributed by atoms with van der Waals surface area (Å²) in [4.78, 5) is 28.2. The van der Waals surface area contributed by atoms with Crippen molar-refractivity contribution in [3.05, 3.63) is 90.1 Å². The zero-order chi connectivity index (χ0) is 23.3. The van der Waals surface area contributed by atoms with Crippen molar-refractivity contribution < 1.29 is 14.3 Å². The average Bonchev–Trinajstić information content (AvgIpc) is 3.11. The minimum atomic E-state index is -0.110. The Hall–Kier alpha value is -3.84. The molecule has 1 aliphatic heterocycles.